The molecule has 0 fully saturated rings. The number of carbonyl (C=O) groups excluding carboxylic acids is 7. The van der Waals surface area contributed by atoms with Crippen LogP contribution in [0, 0.1) is 0 Å². The van der Waals surface area contributed by atoms with Gasteiger partial charge in [0.15, 0.2) is 0 Å². The van der Waals surface area contributed by atoms with Gasteiger partial charge >= 0.3 is 24.3 Å². The fourth-order valence-electron chi connectivity index (χ4n) is 8.61. The number of ether oxygens (including phenoxy) is 4. The number of H-pyrrole nitrogens is 1. The maximum absolute atomic E-state index is 14.8. The van der Waals surface area contributed by atoms with Gasteiger partial charge in [0.2, 0.25) is 23.6 Å². The van der Waals surface area contributed by atoms with Gasteiger partial charge in [0, 0.05) is 52.4 Å². The number of rotatable bonds is 28. The smallest absolute Gasteiger partial charge is 0.480 e. The van der Waals surface area contributed by atoms with E-state index in [4.69, 9.17) is 30.5 Å². The molecule has 438 valence electrons. The second-order valence-corrected chi connectivity index (χ2v) is 20.9. The van der Waals surface area contributed by atoms with E-state index in [9.17, 15) is 43.5 Å². The first-order chi connectivity index (χ1) is 40.5. The van der Waals surface area contributed by atoms with E-state index in [2.05, 4.69) is 52.8 Å². The first kappa shape index (κ1) is 62.4. The third-order valence-corrected chi connectivity index (χ3v) is 13.9. The number of unbranched alkanes of at least 4 members (excludes halogenated alkanes) is 1. The number of aromatic nitrogens is 1. The number of hydrogen-bond donors (Lipinski definition) is 8. The Kier molecular flexibility index (Phi) is 23.7. The number of aliphatic carboxylic acids is 1. The van der Waals surface area contributed by atoms with Crippen molar-refractivity contribution in [3.63, 3.8) is 0 Å². The zero-order valence-electron chi connectivity index (χ0n) is 45.6. The van der Waals surface area contributed by atoms with Crippen LogP contribution in [0.5, 0.6) is 5.75 Å². The Morgan fingerprint density at radius 1 is 0.524 bits per heavy atom. The molecule has 0 bridgehead atoms. The molecule has 0 aliphatic rings. The standard InChI is InChI=1S/C62H63BrClN7O13/c1-39(67-56(73)53(32-40-12-4-2-5-13-40)71-61(79)82-36-42-14-6-3-7-15-42)55(72)69-52(33-41-23-29-48(30-24-41)84-62(80)83-38-43-19-25-46(63)26-20-43)57(74)70-54(34-45-35-66-50-17-9-8-16-49(45)50)58(75)68-51(59(76)77)18-10-11-31-65-60(78)81-37-44-21-27-47(64)28-22-44/h2-9,12-17,19-30,35,39,51-54,66H,10-11,18,31-34,36-38H2,1H3,(H,65,78)(H,67,73)(H,68,75)(H,69,72)(H,70,74)(H,71,79)(H,76,77)/t39-,51-,52-,53+,54+/m0/s1. The highest BCUT2D eigenvalue weighted by atomic mass is 79.9. The highest BCUT2D eigenvalue weighted by Crippen LogP contribution is 2.21. The van der Waals surface area contributed by atoms with Gasteiger partial charge in [-0.15, -0.1) is 0 Å². The Balaban J connectivity index is 1.06. The molecule has 84 heavy (non-hydrogen) atoms. The Morgan fingerprint density at radius 3 is 1.68 bits per heavy atom. The van der Waals surface area contributed by atoms with Crippen LogP contribution in [0.4, 0.5) is 14.4 Å². The van der Waals surface area contributed by atoms with Crippen molar-refractivity contribution in [2.75, 3.05) is 6.54 Å². The molecule has 0 aliphatic heterocycles. The van der Waals surface area contributed by atoms with E-state index >= 15 is 0 Å². The van der Waals surface area contributed by atoms with Gasteiger partial charge < -0.3 is 60.9 Å². The summed E-state index contributed by atoms with van der Waals surface area (Å²) in [6.45, 7) is 1.44. The van der Waals surface area contributed by atoms with Gasteiger partial charge in [-0.05, 0) is 102 Å². The Morgan fingerprint density at radius 2 is 1.02 bits per heavy atom. The quantitative estimate of drug-likeness (QED) is 0.00987. The summed E-state index contributed by atoms with van der Waals surface area (Å²) < 4.78 is 22.2. The molecular weight excluding hydrogens is 1170 g/mol. The van der Waals surface area contributed by atoms with E-state index in [0.717, 1.165) is 32.1 Å². The van der Waals surface area contributed by atoms with Crippen molar-refractivity contribution in [3.05, 3.63) is 207 Å². The minimum atomic E-state index is -1.45. The van der Waals surface area contributed by atoms with E-state index in [1.807, 2.05) is 24.3 Å². The van der Waals surface area contributed by atoms with E-state index in [1.54, 1.807) is 128 Å². The minimum absolute atomic E-state index is 0.0127. The Bertz CT molecular complexity index is 3340. The molecule has 1 heterocycles. The summed E-state index contributed by atoms with van der Waals surface area (Å²) in [5, 5.41) is 27.5. The first-order valence-corrected chi connectivity index (χ1v) is 28.1. The second kappa shape index (κ2) is 31.9. The number of hydrogen-bond acceptors (Lipinski definition) is 12. The number of carboxylic acid groups (broad SMARTS) is 1. The normalized spacial score (nSPS) is 12.7. The van der Waals surface area contributed by atoms with Crippen LogP contribution in [-0.4, -0.2) is 94.8 Å². The van der Waals surface area contributed by atoms with Gasteiger partial charge in [-0.2, -0.15) is 0 Å². The fourth-order valence-corrected chi connectivity index (χ4v) is 9.00. The summed E-state index contributed by atoms with van der Waals surface area (Å²) in [6.07, 6.45) is -0.610. The molecule has 0 saturated carbocycles. The molecule has 0 radical (unpaired) electrons. The van der Waals surface area contributed by atoms with Gasteiger partial charge in [0.25, 0.3) is 0 Å². The molecule has 5 atom stereocenters. The lowest BCUT2D eigenvalue weighted by Crippen LogP contribution is -2.59. The van der Waals surface area contributed by atoms with Crippen LogP contribution in [0.2, 0.25) is 5.02 Å². The second-order valence-electron chi connectivity index (χ2n) is 19.5. The predicted octanol–water partition coefficient (Wildman–Crippen LogP) is 8.76. The lowest BCUT2D eigenvalue weighted by molar-refractivity contribution is -0.142. The van der Waals surface area contributed by atoms with Gasteiger partial charge in [-0.3, -0.25) is 19.2 Å². The third-order valence-electron chi connectivity index (χ3n) is 13.1. The number of carboxylic acids is 1. The number of fused-ring (bicyclic) bond motifs is 1. The van der Waals surface area contributed by atoms with Gasteiger partial charge in [-0.1, -0.05) is 143 Å². The van der Waals surface area contributed by atoms with Crippen molar-refractivity contribution < 1.29 is 62.4 Å². The van der Waals surface area contributed by atoms with Crippen molar-refractivity contribution in [1.29, 1.82) is 0 Å². The number of aromatic amines is 1. The van der Waals surface area contributed by atoms with E-state index in [0.29, 0.717) is 28.1 Å². The molecule has 1 aromatic heterocycles. The molecule has 6 aromatic carbocycles. The molecule has 0 unspecified atom stereocenters. The molecule has 20 nitrogen and oxygen atoms in total. The van der Waals surface area contributed by atoms with Crippen LogP contribution in [0.3, 0.4) is 0 Å². The van der Waals surface area contributed by atoms with Gasteiger partial charge in [0.1, 0.15) is 55.8 Å². The summed E-state index contributed by atoms with van der Waals surface area (Å²) in [5.41, 5.74) is 4.68. The van der Waals surface area contributed by atoms with Crippen LogP contribution >= 0.6 is 27.5 Å². The van der Waals surface area contributed by atoms with Crippen LogP contribution in [0.25, 0.3) is 10.9 Å². The Hall–Kier alpha value is -9.21. The average molecular weight is 1230 g/mol. The number of nitrogens with one attached hydrogen (secondary N) is 7. The van der Waals surface area contributed by atoms with Crippen molar-refractivity contribution in [1.82, 2.24) is 36.9 Å². The minimum Gasteiger partial charge on any atom is -0.480 e. The summed E-state index contributed by atoms with van der Waals surface area (Å²) in [6, 6.07) is 38.3. The topological polar surface area (TPSA) is 282 Å². The van der Waals surface area contributed by atoms with Crippen molar-refractivity contribution in [3.8, 4) is 5.75 Å². The monoisotopic (exact) mass is 1230 g/mol. The number of benzene rings is 6. The summed E-state index contributed by atoms with van der Waals surface area (Å²) >= 11 is 9.30. The zero-order chi connectivity index (χ0) is 59.8. The van der Waals surface area contributed by atoms with Gasteiger partial charge in [-0.25, -0.2) is 19.2 Å². The average Bonchev–Trinajstić information content (AvgIpc) is 4.10. The van der Waals surface area contributed by atoms with Crippen molar-refractivity contribution in [2.45, 2.75) is 95.5 Å². The van der Waals surface area contributed by atoms with Crippen LogP contribution < -0.4 is 36.6 Å². The zero-order valence-corrected chi connectivity index (χ0v) is 48.0. The molecule has 6 amide bonds. The van der Waals surface area contributed by atoms with Crippen molar-refractivity contribution in [2.24, 2.45) is 0 Å². The predicted molar refractivity (Wildman–Crippen MR) is 315 cm³/mol. The first-order valence-electron chi connectivity index (χ1n) is 26.9. The molecule has 7 rings (SSSR count). The fraction of sp³-hybridized carbons (Fsp3) is 0.258. The maximum atomic E-state index is 14.8. The van der Waals surface area contributed by atoms with E-state index in [-0.39, 0.29) is 64.2 Å². The highest BCUT2D eigenvalue weighted by Gasteiger charge is 2.33. The number of alkyl carbamates (subject to hydrolysis) is 2. The molecule has 8 N–H and O–H groups in total. The summed E-state index contributed by atoms with van der Waals surface area (Å²) in [4.78, 5) is 111. The van der Waals surface area contributed by atoms with Crippen LogP contribution in [0.1, 0.15) is 59.6 Å². The highest BCUT2D eigenvalue weighted by molar-refractivity contribution is 9.10. The van der Waals surface area contributed by atoms with E-state index in [1.165, 1.54) is 19.1 Å². The largest absolute Gasteiger partial charge is 0.514 e. The number of carbonyl (C=O) groups is 8. The lowest BCUT2D eigenvalue weighted by Gasteiger charge is -2.26. The van der Waals surface area contributed by atoms with Crippen LogP contribution in [-0.2, 0) is 77.3 Å². The van der Waals surface area contributed by atoms with Gasteiger partial charge in [0.05, 0.1) is 0 Å². The van der Waals surface area contributed by atoms with E-state index < -0.39 is 78.1 Å². The maximum Gasteiger partial charge on any atom is 0.514 e. The number of amides is 6. The number of para-hydroxylation sites is 1. The molecule has 22 heteroatoms. The molecule has 0 spiro atoms. The third kappa shape index (κ3) is 20.3. The SMILES string of the molecule is C[C@H](NC(=O)[C@@H](Cc1ccccc1)NC(=O)OCc1ccccc1)C(=O)N[C@@H](Cc1ccc(OC(=O)OCc2ccc(Br)cc2)cc1)C(=O)N[C@H](Cc1c[nH]c2ccccc12)C(=O)N[C@@H](CCCCNC(=O)OCc1ccc(Cl)cc1)C(=O)O. The Labute approximate surface area is 497 Å². The number of halogens is 2. The molecule has 0 aliphatic carbocycles. The summed E-state index contributed by atoms with van der Waals surface area (Å²) in [7, 11) is 0. The molecular formula is C62H63BrClN7O13. The molecule has 7 aromatic rings. The van der Waals surface area contributed by atoms with Crippen molar-refractivity contribution >= 4 is 86.4 Å². The van der Waals surface area contributed by atoms with Crippen LogP contribution in [0.15, 0.2) is 168 Å². The molecule has 0 saturated heterocycles. The lowest BCUT2D eigenvalue weighted by atomic mass is 10.0. The summed E-state index contributed by atoms with van der Waals surface area (Å²) in [5.74, 6) is -4.50.